The van der Waals surface area contributed by atoms with E-state index in [1.165, 1.54) is 11.0 Å². The molecule has 0 saturated heterocycles. The highest BCUT2D eigenvalue weighted by atomic mass is 32.2. The van der Waals surface area contributed by atoms with Gasteiger partial charge in [0.05, 0.1) is 18.2 Å². The lowest BCUT2D eigenvalue weighted by molar-refractivity contribution is -0.118. The first-order valence-electron chi connectivity index (χ1n) is 8.72. The average Bonchev–Trinajstić information content (AvgIpc) is 2.96. The monoisotopic (exact) mass is 369 g/mol. The van der Waals surface area contributed by atoms with Gasteiger partial charge < -0.3 is 4.90 Å². The second-order valence-electron chi connectivity index (χ2n) is 6.90. The van der Waals surface area contributed by atoms with Crippen molar-refractivity contribution in [1.82, 2.24) is 0 Å². The van der Waals surface area contributed by atoms with Crippen LogP contribution < -0.4 is 4.90 Å². The van der Waals surface area contributed by atoms with Crippen LogP contribution in [0.3, 0.4) is 0 Å². The fraction of sp³-hybridized carbons (Fsp3) is 0.286. The Morgan fingerprint density at radius 2 is 1.73 bits per heavy atom. The second-order valence-corrected chi connectivity index (χ2v) is 8.83. The summed E-state index contributed by atoms with van der Waals surface area (Å²) in [6.07, 6.45) is 1.84. The van der Waals surface area contributed by atoms with Gasteiger partial charge in [-0.25, -0.2) is 8.42 Å². The molecule has 1 unspecified atom stereocenters. The Morgan fingerprint density at radius 1 is 1.08 bits per heavy atom. The first-order valence-corrected chi connectivity index (χ1v) is 10.4. The first kappa shape index (κ1) is 18.4. The smallest absolute Gasteiger partial charge is 0.231 e. The van der Waals surface area contributed by atoms with Crippen molar-refractivity contribution in [3.8, 4) is 0 Å². The number of amides is 1. The van der Waals surface area contributed by atoms with Crippen LogP contribution in [0.1, 0.15) is 30.9 Å². The molecular formula is C21H23NO3S. The number of hydrogen-bond donors (Lipinski definition) is 0. The van der Waals surface area contributed by atoms with Gasteiger partial charge in [-0.05, 0) is 35.3 Å². The number of carbonyl (C=O) groups excluding carboxylic acids is 1. The highest BCUT2D eigenvalue weighted by Gasteiger charge is 2.31. The molecule has 0 aromatic heterocycles. The Balaban J connectivity index is 1.91. The Hall–Kier alpha value is -2.40. The van der Waals surface area contributed by atoms with E-state index in [1.54, 1.807) is 11.0 Å². The lowest BCUT2D eigenvalue weighted by atomic mass is 10.0. The summed E-state index contributed by atoms with van der Waals surface area (Å²) >= 11 is 0. The molecule has 1 atom stereocenters. The number of sulfone groups is 1. The molecule has 0 bridgehead atoms. The van der Waals surface area contributed by atoms with E-state index >= 15 is 0 Å². The molecule has 0 spiro atoms. The third-order valence-corrected chi connectivity index (χ3v) is 5.93. The van der Waals surface area contributed by atoms with E-state index in [2.05, 4.69) is 13.8 Å². The van der Waals surface area contributed by atoms with Crippen LogP contribution in [0.5, 0.6) is 0 Å². The zero-order valence-corrected chi connectivity index (χ0v) is 15.8. The van der Waals surface area contributed by atoms with Crippen LogP contribution in [0.4, 0.5) is 5.69 Å². The molecular weight excluding hydrogens is 346 g/mol. The van der Waals surface area contributed by atoms with Crippen molar-refractivity contribution in [3.05, 3.63) is 77.2 Å². The fourth-order valence-corrected chi connectivity index (χ4v) is 4.38. The first-order chi connectivity index (χ1) is 12.4. The molecule has 0 saturated carbocycles. The summed E-state index contributed by atoms with van der Waals surface area (Å²) in [4.78, 5) is 14.6. The second kappa shape index (κ2) is 7.46. The molecule has 3 rings (SSSR count). The molecule has 26 heavy (non-hydrogen) atoms. The lowest BCUT2D eigenvalue weighted by Gasteiger charge is -2.28. The summed E-state index contributed by atoms with van der Waals surface area (Å²) in [6.45, 7) is 4.22. The van der Waals surface area contributed by atoms with Crippen LogP contribution in [0.15, 0.2) is 66.1 Å². The van der Waals surface area contributed by atoms with Crippen LogP contribution in [-0.2, 0) is 21.1 Å². The topological polar surface area (TPSA) is 54.5 Å². The van der Waals surface area contributed by atoms with Gasteiger partial charge in [0.25, 0.3) is 0 Å². The van der Waals surface area contributed by atoms with Gasteiger partial charge in [-0.15, -0.1) is 0 Å². The van der Waals surface area contributed by atoms with E-state index in [1.807, 2.05) is 54.6 Å². The molecule has 1 aliphatic rings. The summed E-state index contributed by atoms with van der Waals surface area (Å²) in [6, 6.07) is 16.8. The predicted molar refractivity (Wildman–Crippen MR) is 105 cm³/mol. The molecule has 4 nitrogen and oxygen atoms in total. The zero-order valence-electron chi connectivity index (χ0n) is 15.0. The summed E-state index contributed by atoms with van der Waals surface area (Å²) < 4.78 is 23.8. The van der Waals surface area contributed by atoms with Crippen molar-refractivity contribution in [2.75, 3.05) is 10.7 Å². The van der Waals surface area contributed by atoms with E-state index < -0.39 is 15.9 Å². The number of benzene rings is 2. The third kappa shape index (κ3) is 4.22. The van der Waals surface area contributed by atoms with Crippen LogP contribution >= 0.6 is 0 Å². The Bertz CT molecular complexity index is 900. The summed E-state index contributed by atoms with van der Waals surface area (Å²) in [5.41, 5.74) is 2.81. The quantitative estimate of drug-likeness (QED) is 0.808. The van der Waals surface area contributed by atoms with Gasteiger partial charge in [-0.3, -0.25) is 4.79 Å². The summed E-state index contributed by atoms with van der Waals surface area (Å²) in [7, 11) is -3.25. The predicted octanol–water partition coefficient (Wildman–Crippen LogP) is 3.70. The van der Waals surface area contributed by atoms with Crippen molar-refractivity contribution < 1.29 is 13.2 Å². The van der Waals surface area contributed by atoms with Crippen molar-refractivity contribution in [2.45, 2.75) is 32.2 Å². The molecule has 1 aliphatic heterocycles. The van der Waals surface area contributed by atoms with E-state index in [-0.39, 0.29) is 18.1 Å². The number of hydrogen-bond acceptors (Lipinski definition) is 3. The van der Waals surface area contributed by atoms with Crippen molar-refractivity contribution in [1.29, 1.82) is 0 Å². The minimum absolute atomic E-state index is 0.0700. The Morgan fingerprint density at radius 3 is 2.27 bits per heavy atom. The Labute approximate surface area is 155 Å². The van der Waals surface area contributed by atoms with Crippen LogP contribution in [-0.4, -0.2) is 26.1 Å². The van der Waals surface area contributed by atoms with Gasteiger partial charge in [0.2, 0.25) is 5.91 Å². The van der Waals surface area contributed by atoms with Crippen molar-refractivity contribution >= 4 is 21.4 Å². The van der Waals surface area contributed by atoms with Gasteiger partial charge in [0.1, 0.15) is 0 Å². The number of carbonyl (C=O) groups is 1. The molecule has 2 aromatic rings. The zero-order chi connectivity index (χ0) is 18.7. The van der Waals surface area contributed by atoms with E-state index in [9.17, 15) is 13.2 Å². The minimum atomic E-state index is -3.25. The van der Waals surface area contributed by atoms with E-state index in [0.717, 1.165) is 11.3 Å². The SMILES string of the molecule is CC(C)c1ccc(N(C(=O)Cc2ccccc2)C2C=CS(=O)(=O)C2)cc1. The van der Waals surface area contributed by atoms with Gasteiger partial charge in [-0.1, -0.05) is 56.3 Å². The summed E-state index contributed by atoms with van der Waals surface area (Å²) in [5, 5.41) is 1.21. The van der Waals surface area contributed by atoms with Crippen LogP contribution in [0, 0.1) is 0 Å². The number of nitrogens with zero attached hydrogens (tertiary/aromatic N) is 1. The molecule has 5 heteroatoms. The maximum absolute atomic E-state index is 13.0. The number of anilines is 1. The van der Waals surface area contributed by atoms with Crippen LogP contribution in [0.2, 0.25) is 0 Å². The minimum Gasteiger partial charge on any atom is -0.304 e. The van der Waals surface area contributed by atoms with Gasteiger partial charge >= 0.3 is 0 Å². The highest BCUT2D eigenvalue weighted by molar-refractivity contribution is 7.94. The van der Waals surface area contributed by atoms with E-state index in [0.29, 0.717) is 5.92 Å². The standard InChI is InChI=1S/C21H23NO3S/c1-16(2)18-8-10-19(11-9-18)22(20-12-13-26(24,25)15-20)21(23)14-17-6-4-3-5-7-17/h3-13,16,20H,14-15H2,1-2H3. The fourth-order valence-electron chi connectivity index (χ4n) is 3.12. The molecule has 0 N–H and O–H groups in total. The normalized spacial score (nSPS) is 18.2. The maximum Gasteiger partial charge on any atom is 0.231 e. The van der Waals surface area contributed by atoms with Gasteiger partial charge in [-0.2, -0.15) is 0 Å². The molecule has 2 aromatic carbocycles. The van der Waals surface area contributed by atoms with Crippen LogP contribution in [0.25, 0.3) is 0 Å². The maximum atomic E-state index is 13.0. The van der Waals surface area contributed by atoms with Gasteiger partial charge in [0, 0.05) is 11.1 Å². The average molecular weight is 369 g/mol. The molecule has 1 amide bonds. The number of rotatable bonds is 5. The highest BCUT2D eigenvalue weighted by Crippen LogP contribution is 2.26. The molecule has 0 radical (unpaired) electrons. The third-order valence-electron chi connectivity index (χ3n) is 4.55. The lowest BCUT2D eigenvalue weighted by Crippen LogP contribution is -2.42. The molecule has 0 fully saturated rings. The molecule has 0 aliphatic carbocycles. The molecule has 136 valence electrons. The molecule has 1 heterocycles. The van der Waals surface area contributed by atoms with Gasteiger partial charge in [0.15, 0.2) is 9.84 Å². The van der Waals surface area contributed by atoms with E-state index in [4.69, 9.17) is 0 Å². The van der Waals surface area contributed by atoms with Crippen molar-refractivity contribution in [2.24, 2.45) is 0 Å². The van der Waals surface area contributed by atoms with Crippen molar-refractivity contribution in [3.63, 3.8) is 0 Å². The Kier molecular flexibility index (Phi) is 5.28. The summed E-state index contributed by atoms with van der Waals surface area (Å²) in [5.74, 6) is 0.212. The largest absolute Gasteiger partial charge is 0.304 e.